The Morgan fingerprint density at radius 1 is 1.24 bits per heavy atom. The van der Waals surface area contributed by atoms with Crippen LogP contribution in [0, 0.1) is 13.8 Å². The molecular formula is C15H16Cl2N4. The minimum Gasteiger partial charge on any atom is -0.321 e. The number of alkyl halides is 1. The van der Waals surface area contributed by atoms with E-state index in [1.54, 1.807) is 0 Å². The van der Waals surface area contributed by atoms with Crippen molar-refractivity contribution in [3.8, 4) is 0 Å². The zero-order chi connectivity index (χ0) is 15.1. The van der Waals surface area contributed by atoms with E-state index in [-0.39, 0.29) is 0 Å². The van der Waals surface area contributed by atoms with Gasteiger partial charge in [-0.15, -0.1) is 11.6 Å². The summed E-state index contributed by atoms with van der Waals surface area (Å²) in [5.41, 5.74) is 5.14. The Morgan fingerprint density at radius 3 is 2.62 bits per heavy atom. The molecule has 0 spiro atoms. The number of rotatable bonds is 3. The van der Waals surface area contributed by atoms with Crippen LogP contribution in [-0.4, -0.2) is 19.3 Å². The summed E-state index contributed by atoms with van der Waals surface area (Å²) in [5, 5.41) is 5.16. The molecule has 0 atom stereocenters. The molecule has 4 nitrogen and oxygen atoms in total. The van der Waals surface area contributed by atoms with E-state index in [0.717, 1.165) is 28.2 Å². The highest BCUT2D eigenvalue weighted by molar-refractivity contribution is 6.35. The van der Waals surface area contributed by atoms with Crippen molar-refractivity contribution >= 4 is 34.2 Å². The van der Waals surface area contributed by atoms with Crippen molar-refractivity contribution < 1.29 is 0 Å². The second-order valence-electron chi connectivity index (χ2n) is 5.13. The molecule has 0 radical (unpaired) electrons. The van der Waals surface area contributed by atoms with Gasteiger partial charge in [0.1, 0.15) is 5.82 Å². The van der Waals surface area contributed by atoms with Gasteiger partial charge in [0.15, 0.2) is 0 Å². The summed E-state index contributed by atoms with van der Waals surface area (Å²) in [6.45, 7) is 4.76. The lowest BCUT2D eigenvalue weighted by atomic mass is 10.2. The lowest BCUT2D eigenvalue weighted by Crippen LogP contribution is -2.06. The molecule has 3 rings (SSSR count). The normalized spacial score (nSPS) is 11.5. The smallest absolute Gasteiger partial charge is 0.125 e. The summed E-state index contributed by atoms with van der Waals surface area (Å²) in [5.74, 6) is 1.17. The molecule has 6 heteroatoms. The second kappa shape index (κ2) is 5.35. The lowest BCUT2D eigenvalue weighted by Gasteiger charge is -2.09. The molecule has 110 valence electrons. The topological polar surface area (TPSA) is 35.6 Å². The van der Waals surface area contributed by atoms with E-state index >= 15 is 0 Å². The number of imidazole rings is 1. The van der Waals surface area contributed by atoms with Crippen molar-refractivity contribution in [1.82, 2.24) is 19.3 Å². The maximum absolute atomic E-state index is 6.36. The lowest BCUT2D eigenvalue weighted by molar-refractivity contribution is 0.725. The maximum atomic E-state index is 6.36. The van der Waals surface area contributed by atoms with E-state index in [1.807, 2.05) is 36.9 Å². The van der Waals surface area contributed by atoms with Crippen LogP contribution in [0.2, 0.25) is 5.02 Å². The van der Waals surface area contributed by atoms with Crippen LogP contribution in [-0.2, 0) is 19.5 Å². The maximum Gasteiger partial charge on any atom is 0.125 e. The van der Waals surface area contributed by atoms with Gasteiger partial charge in [-0.2, -0.15) is 5.10 Å². The quantitative estimate of drug-likeness (QED) is 0.687. The van der Waals surface area contributed by atoms with Crippen LogP contribution in [0.5, 0.6) is 0 Å². The van der Waals surface area contributed by atoms with Crippen LogP contribution in [0.1, 0.15) is 22.8 Å². The van der Waals surface area contributed by atoms with E-state index in [0.29, 0.717) is 17.4 Å². The van der Waals surface area contributed by atoms with Gasteiger partial charge >= 0.3 is 0 Å². The first-order valence-corrected chi connectivity index (χ1v) is 7.62. The molecule has 0 saturated heterocycles. The SMILES string of the molecule is Cc1nn(C)c(C)c1Cn1c(CCl)nc2cccc(Cl)c21. The van der Waals surface area contributed by atoms with Gasteiger partial charge in [-0.25, -0.2) is 4.98 Å². The molecule has 0 aliphatic rings. The monoisotopic (exact) mass is 322 g/mol. The van der Waals surface area contributed by atoms with Crippen molar-refractivity contribution in [1.29, 1.82) is 0 Å². The molecule has 0 amide bonds. The van der Waals surface area contributed by atoms with Crippen LogP contribution in [0.15, 0.2) is 18.2 Å². The third-order valence-corrected chi connectivity index (χ3v) is 4.44. The van der Waals surface area contributed by atoms with E-state index in [9.17, 15) is 0 Å². The van der Waals surface area contributed by atoms with E-state index in [2.05, 4.69) is 21.6 Å². The van der Waals surface area contributed by atoms with Crippen LogP contribution in [0.25, 0.3) is 11.0 Å². The predicted octanol–water partition coefficient (Wildman–Crippen LogP) is 3.83. The average Bonchev–Trinajstić information content (AvgIpc) is 2.93. The third kappa shape index (κ3) is 2.32. The Kier molecular flexibility index (Phi) is 3.68. The fourth-order valence-electron chi connectivity index (χ4n) is 2.67. The Morgan fingerprint density at radius 2 is 2.00 bits per heavy atom. The molecule has 0 N–H and O–H groups in total. The van der Waals surface area contributed by atoms with Gasteiger partial charge in [-0.1, -0.05) is 17.7 Å². The summed E-state index contributed by atoms with van der Waals surface area (Å²) < 4.78 is 3.98. The van der Waals surface area contributed by atoms with E-state index in [1.165, 1.54) is 5.56 Å². The number of halogens is 2. The molecule has 2 aromatic heterocycles. The van der Waals surface area contributed by atoms with E-state index < -0.39 is 0 Å². The zero-order valence-electron chi connectivity index (χ0n) is 12.2. The first kappa shape index (κ1) is 14.4. The van der Waals surface area contributed by atoms with Gasteiger partial charge in [-0.3, -0.25) is 4.68 Å². The summed E-state index contributed by atoms with van der Waals surface area (Å²) in [6.07, 6.45) is 0. The van der Waals surface area contributed by atoms with Crippen molar-refractivity contribution in [2.24, 2.45) is 7.05 Å². The number of hydrogen-bond donors (Lipinski definition) is 0. The second-order valence-corrected chi connectivity index (χ2v) is 5.80. The van der Waals surface area contributed by atoms with Gasteiger partial charge in [0.25, 0.3) is 0 Å². The standard InChI is InChI=1S/C15H16Cl2N4/c1-9-11(10(2)20(3)19-9)8-21-14(7-16)18-13-6-4-5-12(17)15(13)21/h4-6H,7-8H2,1-3H3. The number of benzene rings is 1. The Balaban J connectivity index is 2.20. The number of hydrogen-bond acceptors (Lipinski definition) is 2. The molecule has 2 heterocycles. The predicted molar refractivity (Wildman–Crippen MR) is 86.1 cm³/mol. The molecule has 0 saturated carbocycles. The highest BCUT2D eigenvalue weighted by Gasteiger charge is 2.16. The molecule has 0 aliphatic carbocycles. The average molecular weight is 323 g/mol. The molecule has 0 fully saturated rings. The molecule has 0 unspecified atom stereocenters. The van der Waals surface area contributed by atoms with Crippen LogP contribution < -0.4 is 0 Å². The molecular weight excluding hydrogens is 307 g/mol. The van der Waals surface area contributed by atoms with Gasteiger partial charge in [0.2, 0.25) is 0 Å². The molecule has 1 aromatic carbocycles. The first-order valence-electron chi connectivity index (χ1n) is 6.71. The van der Waals surface area contributed by atoms with Gasteiger partial charge < -0.3 is 4.57 Å². The number of aryl methyl sites for hydroxylation is 2. The number of para-hydroxylation sites is 1. The molecule has 0 bridgehead atoms. The van der Waals surface area contributed by atoms with Crippen molar-refractivity contribution in [3.63, 3.8) is 0 Å². The van der Waals surface area contributed by atoms with Crippen molar-refractivity contribution in [3.05, 3.63) is 46.0 Å². The number of fused-ring (bicyclic) bond motifs is 1. The number of nitrogens with zero attached hydrogens (tertiary/aromatic N) is 4. The summed E-state index contributed by atoms with van der Waals surface area (Å²) in [4.78, 5) is 4.57. The number of aromatic nitrogens is 4. The Bertz CT molecular complexity index is 817. The van der Waals surface area contributed by atoms with Gasteiger partial charge in [0, 0.05) is 18.3 Å². The highest BCUT2D eigenvalue weighted by Crippen LogP contribution is 2.27. The van der Waals surface area contributed by atoms with Gasteiger partial charge in [-0.05, 0) is 26.0 Å². The fourth-order valence-corrected chi connectivity index (χ4v) is 3.14. The molecule has 0 aliphatic heterocycles. The summed E-state index contributed by atoms with van der Waals surface area (Å²) in [7, 11) is 1.95. The Labute approximate surface area is 133 Å². The van der Waals surface area contributed by atoms with Crippen LogP contribution in [0.3, 0.4) is 0 Å². The molecule has 3 aromatic rings. The largest absolute Gasteiger partial charge is 0.321 e. The Hall–Kier alpha value is -1.52. The van der Waals surface area contributed by atoms with Crippen molar-refractivity contribution in [2.75, 3.05) is 0 Å². The van der Waals surface area contributed by atoms with Crippen molar-refractivity contribution in [2.45, 2.75) is 26.3 Å². The first-order chi connectivity index (χ1) is 10.0. The zero-order valence-corrected chi connectivity index (χ0v) is 13.7. The fraction of sp³-hybridized carbons (Fsp3) is 0.333. The minimum absolute atomic E-state index is 0.351. The van der Waals surface area contributed by atoms with Gasteiger partial charge in [0.05, 0.1) is 34.2 Å². The summed E-state index contributed by atoms with van der Waals surface area (Å²) >= 11 is 12.4. The minimum atomic E-state index is 0.351. The van der Waals surface area contributed by atoms with Crippen LogP contribution in [0.4, 0.5) is 0 Å². The van der Waals surface area contributed by atoms with Crippen LogP contribution >= 0.6 is 23.2 Å². The highest BCUT2D eigenvalue weighted by atomic mass is 35.5. The third-order valence-electron chi connectivity index (χ3n) is 3.89. The molecule has 21 heavy (non-hydrogen) atoms. The summed E-state index contributed by atoms with van der Waals surface area (Å²) in [6, 6.07) is 5.74. The van der Waals surface area contributed by atoms with E-state index in [4.69, 9.17) is 23.2 Å².